The Morgan fingerprint density at radius 2 is 1.86 bits per heavy atom. The van der Waals surface area contributed by atoms with Crippen LogP contribution in [0.3, 0.4) is 0 Å². The lowest BCUT2D eigenvalue weighted by molar-refractivity contribution is 0.254. The molecular weight excluding hydrogens is 278 g/mol. The standard InChI is InChI=1S/C18H21NOS/c1-12-10-15-11-14(6-9-17(15)20-12)18(19-2)13-4-7-16(21-3)8-5-13/h4-9,11-12,18-19H,10H2,1-3H3. The van der Waals surface area contributed by atoms with Gasteiger partial charge in [0.25, 0.3) is 0 Å². The quantitative estimate of drug-likeness (QED) is 0.861. The molecule has 110 valence electrons. The molecule has 2 unspecified atom stereocenters. The number of ether oxygens (including phenoxy) is 1. The molecule has 0 saturated carbocycles. The molecule has 0 amide bonds. The van der Waals surface area contributed by atoms with Gasteiger partial charge in [-0.15, -0.1) is 11.8 Å². The average Bonchev–Trinajstić information content (AvgIpc) is 2.88. The lowest BCUT2D eigenvalue weighted by Gasteiger charge is -2.18. The molecule has 3 rings (SSSR count). The summed E-state index contributed by atoms with van der Waals surface area (Å²) in [6, 6.07) is 15.6. The number of nitrogens with one attached hydrogen (secondary N) is 1. The Morgan fingerprint density at radius 1 is 1.14 bits per heavy atom. The van der Waals surface area contributed by atoms with Crippen LogP contribution in [0.4, 0.5) is 0 Å². The van der Waals surface area contributed by atoms with Crippen LogP contribution in [-0.4, -0.2) is 19.4 Å². The Morgan fingerprint density at radius 3 is 2.52 bits per heavy atom. The highest BCUT2D eigenvalue weighted by molar-refractivity contribution is 7.98. The smallest absolute Gasteiger partial charge is 0.123 e. The lowest BCUT2D eigenvalue weighted by Crippen LogP contribution is -2.17. The number of rotatable bonds is 4. The van der Waals surface area contributed by atoms with Crippen molar-refractivity contribution < 1.29 is 4.74 Å². The van der Waals surface area contributed by atoms with Gasteiger partial charge in [-0.2, -0.15) is 0 Å². The monoisotopic (exact) mass is 299 g/mol. The summed E-state index contributed by atoms with van der Waals surface area (Å²) in [6.45, 7) is 2.12. The molecule has 0 spiro atoms. The van der Waals surface area contributed by atoms with E-state index in [0.29, 0.717) is 6.10 Å². The fourth-order valence-corrected chi connectivity index (χ4v) is 3.35. The summed E-state index contributed by atoms with van der Waals surface area (Å²) in [5.74, 6) is 1.04. The second-order valence-electron chi connectivity index (χ2n) is 5.49. The van der Waals surface area contributed by atoms with Gasteiger partial charge in [0.15, 0.2) is 0 Å². The zero-order valence-corrected chi connectivity index (χ0v) is 13.5. The minimum absolute atomic E-state index is 0.224. The van der Waals surface area contributed by atoms with Crippen LogP contribution in [0.1, 0.15) is 29.7 Å². The predicted octanol–water partition coefficient (Wildman–Crippen LogP) is 4.04. The summed E-state index contributed by atoms with van der Waals surface area (Å²) in [4.78, 5) is 1.30. The van der Waals surface area contributed by atoms with Crippen LogP contribution in [0.25, 0.3) is 0 Å². The first-order valence-electron chi connectivity index (χ1n) is 7.32. The molecule has 1 aliphatic heterocycles. The van der Waals surface area contributed by atoms with Gasteiger partial charge in [-0.25, -0.2) is 0 Å². The van der Waals surface area contributed by atoms with Gasteiger partial charge in [-0.1, -0.05) is 24.3 Å². The van der Waals surface area contributed by atoms with E-state index in [9.17, 15) is 0 Å². The average molecular weight is 299 g/mol. The van der Waals surface area contributed by atoms with Crippen molar-refractivity contribution in [3.8, 4) is 5.75 Å². The molecule has 0 aromatic heterocycles. The van der Waals surface area contributed by atoms with Crippen LogP contribution in [0.2, 0.25) is 0 Å². The van der Waals surface area contributed by atoms with Gasteiger partial charge in [-0.3, -0.25) is 0 Å². The lowest BCUT2D eigenvalue weighted by atomic mass is 9.96. The Hall–Kier alpha value is -1.45. The van der Waals surface area contributed by atoms with Crippen molar-refractivity contribution in [1.82, 2.24) is 5.32 Å². The zero-order valence-electron chi connectivity index (χ0n) is 12.7. The second-order valence-corrected chi connectivity index (χ2v) is 6.37. The van der Waals surface area contributed by atoms with E-state index in [0.717, 1.165) is 12.2 Å². The number of hydrogen-bond donors (Lipinski definition) is 1. The van der Waals surface area contributed by atoms with Crippen molar-refractivity contribution in [3.63, 3.8) is 0 Å². The van der Waals surface area contributed by atoms with E-state index >= 15 is 0 Å². The topological polar surface area (TPSA) is 21.3 Å². The van der Waals surface area contributed by atoms with Gasteiger partial charge >= 0.3 is 0 Å². The van der Waals surface area contributed by atoms with E-state index in [1.807, 2.05) is 7.05 Å². The van der Waals surface area contributed by atoms with Crippen molar-refractivity contribution in [2.45, 2.75) is 30.4 Å². The summed E-state index contributed by atoms with van der Waals surface area (Å²) in [5.41, 5.74) is 3.91. The Bertz CT molecular complexity index is 624. The van der Waals surface area contributed by atoms with Crippen molar-refractivity contribution in [1.29, 1.82) is 0 Å². The third-order valence-corrected chi connectivity index (χ3v) is 4.73. The third kappa shape index (κ3) is 2.94. The van der Waals surface area contributed by atoms with Crippen molar-refractivity contribution in [2.75, 3.05) is 13.3 Å². The zero-order chi connectivity index (χ0) is 14.8. The summed E-state index contributed by atoms with van der Waals surface area (Å²) in [5, 5.41) is 3.43. The summed E-state index contributed by atoms with van der Waals surface area (Å²) in [6.07, 6.45) is 3.40. The third-order valence-electron chi connectivity index (χ3n) is 3.99. The SMILES string of the molecule is CNC(c1ccc(SC)cc1)c1ccc2c(c1)CC(C)O2. The second kappa shape index (κ2) is 6.12. The highest BCUT2D eigenvalue weighted by atomic mass is 32.2. The van der Waals surface area contributed by atoms with Crippen molar-refractivity contribution in [3.05, 3.63) is 59.2 Å². The Balaban J connectivity index is 1.91. The van der Waals surface area contributed by atoms with Crippen LogP contribution in [0, 0.1) is 0 Å². The van der Waals surface area contributed by atoms with Gasteiger partial charge in [-0.05, 0) is 55.1 Å². The summed E-state index contributed by atoms with van der Waals surface area (Å²) in [7, 11) is 2.01. The highest BCUT2D eigenvalue weighted by Crippen LogP contribution is 2.33. The first kappa shape index (κ1) is 14.5. The van der Waals surface area contributed by atoms with Crippen LogP contribution >= 0.6 is 11.8 Å². The predicted molar refractivity (Wildman–Crippen MR) is 89.4 cm³/mol. The van der Waals surface area contributed by atoms with E-state index in [1.165, 1.54) is 21.6 Å². The fourth-order valence-electron chi connectivity index (χ4n) is 2.94. The maximum absolute atomic E-state index is 5.79. The Kier molecular flexibility index (Phi) is 4.22. The molecule has 0 fully saturated rings. The van der Waals surface area contributed by atoms with Crippen LogP contribution in [-0.2, 0) is 6.42 Å². The van der Waals surface area contributed by atoms with E-state index in [-0.39, 0.29) is 6.04 Å². The van der Waals surface area contributed by atoms with Crippen LogP contribution < -0.4 is 10.1 Å². The molecule has 2 aromatic carbocycles. The normalized spacial score (nSPS) is 18.1. The number of fused-ring (bicyclic) bond motifs is 1. The molecule has 1 N–H and O–H groups in total. The molecule has 1 heterocycles. The molecule has 0 aliphatic carbocycles. The van der Waals surface area contributed by atoms with Crippen LogP contribution in [0.15, 0.2) is 47.4 Å². The van der Waals surface area contributed by atoms with E-state index in [4.69, 9.17) is 4.74 Å². The fraction of sp³-hybridized carbons (Fsp3) is 0.333. The van der Waals surface area contributed by atoms with Gasteiger partial charge < -0.3 is 10.1 Å². The van der Waals surface area contributed by atoms with E-state index in [1.54, 1.807) is 11.8 Å². The Labute approximate surface area is 130 Å². The number of thioether (sulfide) groups is 1. The van der Waals surface area contributed by atoms with Gasteiger partial charge in [0.05, 0.1) is 6.04 Å². The minimum Gasteiger partial charge on any atom is -0.490 e. The summed E-state index contributed by atoms with van der Waals surface area (Å²) >= 11 is 1.77. The van der Waals surface area contributed by atoms with Crippen molar-refractivity contribution in [2.24, 2.45) is 0 Å². The van der Waals surface area contributed by atoms with E-state index in [2.05, 4.69) is 61.0 Å². The molecule has 2 atom stereocenters. The molecule has 0 saturated heterocycles. The van der Waals surface area contributed by atoms with Gasteiger partial charge in [0, 0.05) is 11.3 Å². The van der Waals surface area contributed by atoms with E-state index < -0.39 is 0 Å². The first-order valence-corrected chi connectivity index (χ1v) is 8.54. The number of hydrogen-bond acceptors (Lipinski definition) is 3. The van der Waals surface area contributed by atoms with Gasteiger partial charge in [0.2, 0.25) is 0 Å². The molecule has 2 nitrogen and oxygen atoms in total. The maximum Gasteiger partial charge on any atom is 0.123 e. The van der Waals surface area contributed by atoms with Crippen LogP contribution in [0.5, 0.6) is 5.75 Å². The molecular formula is C18H21NOS. The molecule has 0 bridgehead atoms. The largest absolute Gasteiger partial charge is 0.490 e. The number of benzene rings is 2. The molecule has 0 radical (unpaired) electrons. The highest BCUT2D eigenvalue weighted by Gasteiger charge is 2.21. The summed E-state index contributed by atoms with van der Waals surface area (Å²) < 4.78 is 5.79. The minimum atomic E-state index is 0.224. The van der Waals surface area contributed by atoms with Crippen molar-refractivity contribution >= 4 is 11.8 Å². The molecule has 2 aromatic rings. The van der Waals surface area contributed by atoms with Gasteiger partial charge in [0.1, 0.15) is 11.9 Å². The molecule has 3 heteroatoms. The molecule has 21 heavy (non-hydrogen) atoms. The first-order chi connectivity index (χ1) is 10.2. The maximum atomic E-state index is 5.79. The molecule has 1 aliphatic rings.